The van der Waals surface area contributed by atoms with Gasteiger partial charge >= 0.3 is 5.97 Å². The summed E-state index contributed by atoms with van der Waals surface area (Å²) in [5.74, 6) is -1.07. The molecule has 7 nitrogen and oxygen atoms in total. The minimum atomic E-state index is -0.691. The fourth-order valence-corrected chi connectivity index (χ4v) is 3.18. The molecule has 1 heterocycles. The number of hydrogen-bond donors (Lipinski definition) is 0. The Morgan fingerprint density at radius 3 is 2.38 bits per heavy atom. The molecule has 7 heteroatoms. The molecule has 1 aliphatic rings. The molecule has 32 heavy (non-hydrogen) atoms. The van der Waals surface area contributed by atoms with Crippen LogP contribution in [-0.4, -0.2) is 35.8 Å². The van der Waals surface area contributed by atoms with Gasteiger partial charge in [0.1, 0.15) is 30.6 Å². The van der Waals surface area contributed by atoms with Gasteiger partial charge in [0.25, 0.3) is 11.8 Å². The van der Waals surface area contributed by atoms with Crippen LogP contribution in [0.3, 0.4) is 0 Å². The Balaban J connectivity index is 1.79. The van der Waals surface area contributed by atoms with Crippen LogP contribution in [0.4, 0.5) is 0 Å². The van der Waals surface area contributed by atoms with E-state index >= 15 is 0 Å². The molecule has 0 N–H and O–H groups in total. The molecule has 0 spiro atoms. The van der Waals surface area contributed by atoms with Gasteiger partial charge in [0.2, 0.25) is 0 Å². The third-order valence-electron chi connectivity index (χ3n) is 4.89. The first-order valence-electron chi connectivity index (χ1n) is 10.00. The van der Waals surface area contributed by atoms with Gasteiger partial charge in [-0.3, -0.25) is 19.3 Å². The lowest BCUT2D eigenvalue weighted by Crippen LogP contribution is -2.44. The van der Waals surface area contributed by atoms with Gasteiger partial charge in [0, 0.05) is 12.5 Å². The van der Waals surface area contributed by atoms with Crippen molar-refractivity contribution < 1.29 is 23.9 Å². The lowest BCUT2D eigenvalue weighted by molar-refractivity contribution is -0.147. The average Bonchev–Trinajstić information content (AvgIpc) is 2.79. The maximum absolute atomic E-state index is 12.9. The Kier molecular flexibility index (Phi) is 7.19. The summed E-state index contributed by atoms with van der Waals surface area (Å²) >= 11 is 0. The standard InChI is InChI=1S/C25H22N2O5/c1-17-22(24(29)27(12-13-31-18(2)28)25(30)23(17)15-26)14-19-8-10-21(11-9-19)32-16-20-6-4-3-5-7-20/h3-11,14H,12-13,16H2,1-2H3/b22-14+. The van der Waals surface area contributed by atoms with Crippen molar-refractivity contribution in [2.75, 3.05) is 13.2 Å². The minimum absolute atomic E-state index is 0.110. The third-order valence-corrected chi connectivity index (χ3v) is 4.89. The van der Waals surface area contributed by atoms with Crippen molar-refractivity contribution >= 4 is 23.9 Å². The molecule has 0 saturated carbocycles. The Morgan fingerprint density at radius 2 is 1.75 bits per heavy atom. The maximum Gasteiger partial charge on any atom is 0.302 e. The number of esters is 1. The van der Waals surface area contributed by atoms with E-state index in [2.05, 4.69) is 0 Å². The van der Waals surface area contributed by atoms with Gasteiger partial charge < -0.3 is 9.47 Å². The van der Waals surface area contributed by atoms with Gasteiger partial charge in [0.05, 0.1) is 6.54 Å². The average molecular weight is 430 g/mol. The molecule has 3 rings (SSSR count). The van der Waals surface area contributed by atoms with Crippen LogP contribution in [0.25, 0.3) is 6.08 Å². The fraction of sp³-hybridized carbons (Fsp3) is 0.200. The zero-order chi connectivity index (χ0) is 23.1. The van der Waals surface area contributed by atoms with E-state index in [0.717, 1.165) is 10.5 Å². The highest BCUT2D eigenvalue weighted by molar-refractivity contribution is 6.19. The molecular formula is C25H22N2O5. The number of amides is 2. The van der Waals surface area contributed by atoms with E-state index in [1.165, 1.54) is 6.92 Å². The first-order chi connectivity index (χ1) is 15.4. The van der Waals surface area contributed by atoms with E-state index in [9.17, 15) is 19.6 Å². The molecule has 1 aliphatic heterocycles. The number of imide groups is 1. The van der Waals surface area contributed by atoms with Crippen LogP contribution in [0.1, 0.15) is 25.0 Å². The molecule has 0 fully saturated rings. The van der Waals surface area contributed by atoms with Crippen LogP contribution in [0, 0.1) is 11.3 Å². The summed E-state index contributed by atoms with van der Waals surface area (Å²) in [6.07, 6.45) is 1.63. The number of benzene rings is 2. The Labute approximate surface area is 186 Å². The van der Waals surface area contributed by atoms with Crippen LogP contribution in [0.15, 0.2) is 71.3 Å². The summed E-state index contributed by atoms with van der Waals surface area (Å²) in [6, 6.07) is 18.8. The number of nitriles is 1. The summed E-state index contributed by atoms with van der Waals surface area (Å²) in [5.41, 5.74) is 2.21. The Morgan fingerprint density at radius 1 is 1.06 bits per heavy atom. The first-order valence-corrected chi connectivity index (χ1v) is 10.00. The molecule has 2 aromatic rings. The number of nitrogens with zero attached hydrogens (tertiary/aromatic N) is 2. The van der Waals surface area contributed by atoms with Gasteiger partial charge in [0.15, 0.2) is 0 Å². The topological polar surface area (TPSA) is 96.7 Å². The van der Waals surface area contributed by atoms with Crippen LogP contribution in [0.2, 0.25) is 0 Å². The molecule has 2 aromatic carbocycles. The van der Waals surface area contributed by atoms with Gasteiger partial charge in [-0.25, -0.2) is 0 Å². The van der Waals surface area contributed by atoms with Crippen LogP contribution < -0.4 is 4.74 Å². The van der Waals surface area contributed by atoms with Crippen molar-refractivity contribution in [2.24, 2.45) is 0 Å². The lowest BCUT2D eigenvalue weighted by atomic mass is 9.93. The molecule has 2 amide bonds. The quantitative estimate of drug-likeness (QED) is 0.379. The van der Waals surface area contributed by atoms with Crippen molar-refractivity contribution in [1.29, 1.82) is 5.26 Å². The van der Waals surface area contributed by atoms with Crippen molar-refractivity contribution in [3.8, 4) is 11.8 Å². The minimum Gasteiger partial charge on any atom is -0.489 e. The number of rotatable bonds is 7. The van der Waals surface area contributed by atoms with E-state index in [4.69, 9.17) is 9.47 Å². The third kappa shape index (κ3) is 5.29. The molecule has 0 atom stereocenters. The zero-order valence-corrected chi connectivity index (χ0v) is 17.8. The molecule has 0 aliphatic carbocycles. The monoisotopic (exact) mass is 430 g/mol. The highest BCUT2D eigenvalue weighted by atomic mass is 16.5. The lowest BCUT2D eigenvalue weighted by Gasteiger charge is -2.27. The highest BCUT2D eigenvalue weighted by Gasteiger charge is 2.35. The molecule has 0 bridgehead atoms. The van der Waals surface area contributed by atoms with Crippen molar-refractivity contribution in [3.63, 3.8) is 0 Å². The predicted octanol–water partition coefficient (Wildman–Crippen LogP) is 3.42. The van der Waals surface area contributed by atoms with Gasteiger partial charge in [-0.05, 0) is 41.8 Å². The Bertz CT molecular complexity index is 1130. The summed E-state index contributed by atoms with van der Waals surface area (Å²) in [5, 5.41) is 9.43. The smallest absolute Gasteiger partial charge is 0.302 e. The van der Waals surface area contributed by atoms with E-state index in [0.29, 0.717) is 23.5 Å². The maximum atomic E-state index is 12.9. The summed E-state index contributed by atoms with van der Waals surface area (Å²) in [6.45, 7) is 2.99. The van der Waals surface area contributed by atoms with E-state index < -0.39 is 17.8 Å². The van der Waals surface area contributed by atoms with Crippen molar-refractivity contribution in [2.45, 2.75) is 20.5 Å². The number of carbonyl (C=O) groups excluding carboxylic acids is 3. The van der Waals surface area contributed by atoms with Gasteiger partial charge in [-0.2, -0.15) is 5.26 Å². The van der Waals surface area contributed by atoms with Crippen LogP contribution in [0.5, 0.6) is 5.75 Å². The molecule has 0 unspecified atom stereocenters. The first kappa shape index (κ1) is 22.5. The number of hydrogen-bond acceptors (Lipinski definition) is 6. The second kappa shape index (κ2) is 10.2. The fourth-order valence-electron chi connectivity index (χ4n) is 3.18. The van der Waals surface area contributed by atoms with Crippen molar-refractivity contribution in [3.05, 3.63) is 82.4 Å². The van der Waals surface area contributed by atoms with Gasteiger partial charge in [-0.15, -0.1) is 0 Å². The van der Waals surface area contributed by atoms with Crippen LogP contribution >= 0.6 is 0 Å². The number of carbonyl (C=O) groups is 3. The van der Waals surface area contributed by atoms with Crippen LogP contribution in [-0.2, 0) is 25.7 Å². The SMILES string of the molecule is CC(=O)OCCN1C(=O)C(C#N)=C(C)/C(=C\c2ccc(OCc3ccccc3)cc2)C1=O. The molecule has 0 aromatic heterocycles. The second-order valence-electron chi connectivity index (χ2n) is 7.12. The van der Waals surface area contributed by atoms with E-state index in [1.807, 2.05) is 36.4 Å². The zero-order valence-electron chi connectivity index (χ0n) is 17.8. The molecular weight excluding hydrogens is 408 g/mol. The summed E-state index contributed by atoms with van der Waals surface area (Å²) < 4.78 is 10.6. The highest BCUT2D eigenvalue weighted by Crippen LogP contribution is 2.27. The molecule has 0 saturated heterocycles. The normalized spacial score (nSPS) is 15.0. The van der Waals surface area contributed by atoms with E-state index in [-0.39, 0.29) is 24.3 Å². The van der Waals surface area contributed by atoms with Gasteiger partial charge in [-0.1, -0.05) is 42.5 Å². The summed E-state index contributed by atoms with van der Waals surface area (Å²) in [4.78, 5) is 37.4. The predicted molar refractivity (Wildman–Crippen MR) is 117 cm³/mol. The Hall–Kier alpha value is -4.18. The molecule has 0 radical (unpaired) electrons. The molecule has 162 valence electrons. The largest absolute Gasteiger partial charge is 0.489 e. The summed E-state index contributed by atoms with van der Waals surface area (Å²) in [7, 11) is 0. The second-order valence-corrected chi connectivity index (χ2v) is 7.12. The number of ether oxygens (including phenoxy) is 2. The van der Waals surface area contributed by atoms with E-state index in [1.54, 1.807) is 37.3 Å². The van der Waals surface area contributed by atoms with Crippen molar-refractivity contribution in [1.82, 2.24) is 4.90 Å².